The standard InChI is InChI=1S/C24H17NO7/c1-31-23(29)15-9-5-6-12-25(20(15)24(30)32-2)16-10-11-17(26)19-18(16)21(27)13-7-3-4-8-14(13)22(19)28/h3-12,26H,1-2H3. The van der Waals surface area contributed by atoms with Crippen LogP contribution in [0, 0.1) is 0 Å². The molecule has 0 spiro atoms. The lowest BCUT2D eigenvalue weighted by Gasteiger charge is -2.28. The van der Waals surface area contributed by atoms with Gasteiger partial charge in [0.2, 0.25) is 0 Å². The third kappa shape index (κ3) is 3.09. The smallest absolute Gasteiger partial charge is 0.355 e. The highest BCUT2D eigenvalue weighted by Gasteiger charge is 2.37. The van der Waals surface area contributed by atoms with E-state index in [1.165, 1.54) is 54.6 Å². The summed E-state index contributed by atoms with van der Waals surface area (Å²) in [6, 6.07) is 8.92. The Morgan fingerprint density at radius 2 is 1.47 bits per heavy atom. The van der Waals surface area contributed by atoms with Crippen molar-refractivity contribution in [1.82, 2.24) is 0 Å². The molecule has 1 N–H and O–H groups in total. The summed E-state index contributed by atoms with van der Waals surface area (Å²) in [7, 11) is 2.32. The Bertz CT molecular complexity index is 1280. The van der Waals surface area contributed by atoms with Gasteiger partial charge in [0.05, 0.1) is 36.6 Å². The van der Waals surface area contributed by atoms with Gasteiger partial charge >= 0.3 is 11.9 Å². The van der Waals surface area contributed by atoms with E-state index in [0.717, 1.165) is 7.11 Å². The van der Waals surface area contributed by atoms with Gasteiger partial charge in [-0.2, -0.15) is 0 Å². The van der Waals surface area contributed by atoms with E-state index in [1.807, 2.05) is 0 Å². The molecule has 8 nitrogen and oxygen atoms in total. The van der Waals surface area contributed by atoms with Crippen LogP contribution in [0.25, 0.3) is 0 Å². The fraction of sp³-hybridized carbons (Fsp3) is 0.0833. The molecule has 8 heteroatoms. The number of hydrogen-bond acceptors (Lipinski definition) is 8. The largest absolute Gasteiger partial charge is 0.507 e. The number of hydrogen-bond donors (Lipinski definition) is 1. The number of benzene rings is 2. The summed E-state index contributed by atoms with van der Waals surface area (Å²) in [6.07, 6.45) is 5.89. The number of carbonyl (C=O) groups is 4. The molecule has 0 aromatic heterocycles. The van der Waals surface area contributed by atoms with Crippen LogP contribution in [0.3, 0.4) is 0 Å². The number of carbonyl (C=O) groups excluding carboxylic acids is 4. The third-order valence-electron chi connectivity index (χ3n) is 5.18. The van der Waals surface area contributed by atoms with E-state index >= 15 is 0 Å². The lowest BCUT2D eigenvalue weighted by Crippen LogP contribution is -2.30. The number of fused-ring (bicyclic) bond motifs is 2. The van der Waals surface area contributed by atoms with E-state index < -0.39 is 23.5 Å². The molecule has 0 unspecified atom stereocenters. The summed E-state index contributed by atoms with van der Waals surface area (Å²) in [5, 5.41) is 10.4. The molecule has 32 heavy (non-hydrogen) atoms. The van der Waals surface area contributed by atoms with Crippen LogP contribution in [0.1, 0.15) is 31.8 Å². The van der Waals surface area contributed by atoms with Crippen LogP contribution < -0.4 is 4.90 Å². The van der Waals surface area contributed by atoms with Gasteiger partial charge < -0.3 is 19.5 Å². The number of nitrogens with zero attached hydrogens (tertiary/aromatic N) is 1. The van der Waals surface area contributed by atoms with E-state index in [0.29, 0.717) is 0 Å². The van der Waals surface area contributed by atoms with Crippen LogP contribution in [0.4, 0.5) is 5.69 Å². The first-order valence-corrected chi connectivity index (χ1v) is 9.50. The molecule has 2 aliphatic rings. The Kier molecular flexibility index (Phi) is 5.19. The number of ketones is 2. The molecule has 2 aromatic rings. The minimum absolute atomic E-state index is 0.0918. The Balaban J connectivity index is 2.02. The van der Waals surface area contributed by atoms with Crippen molar-refractivity contribution in [2.45, 2.75) is 0 Å². The normalized spacial score (nSPS) is 14.6. The molecule has 0 radical (unpaired) electrons. The van der Waals surface area contributed by atoms with Crippen molar-refractivity contribution in [3.63, 3.8) is 0 Å². The fourth-order valence-corrected chi connectivity index (χ4v) is 3.74. The molecule has 1 aliphatic carbocycles. The summed E-state index contributed by atoms with van der Waals surface area (Å²) < 4.78 is 9.68. The molecule has 0 amide bonds. The molecular weight excluding hydrogens is 414 g/mol. The van der Waals surface area contributed by atoms with Crippen LogP contribution in [0.5, 0.6) is 5.75 Å². The molecule has 2 aromatic carbocycles. The number of esters is 2. The fourth-order valence-electron chi connectivity index (χ4n) is 3.74. The maximum atomic E-state index is 13.4. The van der Waals surface area contributed by atoms with E-state index in [4.69, 9.17) is 9.47 Å². The monoisotopic (exact) mass is 431 g/mol. The number of rotatable bonds is 3. The number of phenols is 1. The van der Waals surface area contributed by atoms with E-state index in [2.05, 4.69) is 0 Å². The highest BCUT2D eigenvalue weighted by molar-refractivity contribution is 6.31. The number of methoxy groups -OCH3 is 2. The van der Waals surface area contributed by atoms with Crippen LogP contribution in [0.2, 0.25) is 0 Å². The minimum atomic E-state index is -0.863. The summed E-state index contributed by atoms with van der Waals surface area (Å²) >= 11 is 0. The van der Waals surface area contributed by atoms with Gasteiger partial charge in [0.1, 0.15) is 11.4 Å². The van der Waals surface area contributed by atoms with Gasteiger partial charge in [-0.1, -0.05) is 30.3 Å². The zero-order chi connectivity index (χ0) is 23.0. The Hall–Kier alpha value is -4.46. The second-order valence-electron chi connectivity index (χ2n) is 6.87. The summed E-state index contributed by atoms with van der Waals surface area (Å²) in [5.41, 5.74) is -0.133. The molecular formula is C24H17NO7. The van der Waals surface area contributed by atoms with Crippen molar-refractivity contribution in [3.05, 3.63) is 94.4 Å². The number of anilines is 1. The Morgan fingerprint density at radius 1 is 0.844 bits per heavy atom. The highest BCUT2D eigenvalue weighted by atomic mass is 16.5. The highest BCUT2D eigenvalue weighted by Crippen LogP contribution is 2.40. The summed E-state index contributed by atoms with van der Waals surface area (Å²) in [5.74, 6) is -3.06. The van der Waals surface area contributed by atoms with Gasteiger partial charge in [-0.25, -0.2) is 9.59 Å². The average molecular weight is 431 g/mol. The van der Waals surface area contributed by atoms with Gasteiger partial charge in [-0.05, 0) is 24.3 Å². The maximum absolute atomic E-state index is 13.4. The third-order valence-corrected chi connectivity index (χ3v) is 5.18. The first kappa shape index (κ1) is 20.8. The van der Waals surface area contributed by atoms with Crippen molar-refractivity contribution in [1.29, 1.82) is 0 Å². The van der Waals surface area contributed by atoms with Gasteiger partial charge in [-0.15, -0.1) is 0 Å². The Labute approximate surface area is 182 Å². The van der Waals surface area contributed by atoms with Gasteiger partial charge in [0, 0.05) is 17.3 Å². The summed E-state index contributed by atoms with van der Waals surface area (Å²) in [6.45, 7) is 0. The second kappa shape index (κ2) is 7.99. The lowest BCUT2D eigenvalue weighted by atomic mass is 9.82. The second-order valence-corrected chi connectivity index (χ2v) is 6.87. The van der Waals surface area contributed by atoms with Gasteiger partial charge in [-0.3, -0.25) is 9.59 Å². The predicted octanol–water partition coefficient (Wildman–Crippen LogP) is 2.66. The van der Waals surface area contributed by atoms with Gasteiger partial charge in [0.15, 0.2) is 11.6 Å². The van der Waals surface area contributed by atoms with E-state index in [1.54, 1.807) is 18.2 Å². The van der Waals surface area contributed by atoms with E-state index in [9.17, 15) is 24.3 Å². The van der Waals surface area contributed by atoms with Crippen LogP contribution >= 0.6 is 0 Å². The number of phenolic OH excluding ortho intramolecular Hbond substituents is 1. The van der Waals surface area contributed by atoms with Crippen molar-refractivity contribution >= 4 is 29.2 Å². The number of aromatic hydroxyl groups is 1. The summed E-state index contributed by atoms with van der Waals surface area (Å²) in [4.78, 5) is 52.9. The van der Waals surface area contributed by atoms with Crippen molar-refractivity contribution < 1.29 is 33.8 Å². The SMILES string of the molecule is COC(=O)C1=C(C(=O)OC)N(c2ccc(O)c3c2C(=O)c2ccccc2C3=O)C=CC=C1. The zero-order valence-electron chi connectivity index (χ0n) is 17.1. The molecule has 160 valence electrons. The molecule has 0 fully saturated rings. The number of allylic oxidation sites excluding steroid dienone is 2. The molecule has 4 rings (SSSR count). The van der Waals surface area contributed by atoms with E-state index in [-0.39, 0.29) is 45.0 Å². The predicted molar refractivity (Wildman–Crippen MR) is 113 cm³/mol. The quantitative estimate of drug-likeness (QED) is 0.631. The lowest BCUT2D eigenvalue weighted by molar-refractivity contribution is -0.139. The van der Waals surface area contributed by atoms with Crippen LogP contribution in [-0.2, 0) is 19.1 Å². The van der Waals surface area contributed by atoms with Crippen LogP contribution in [0.15, 0.2) is 72.1 Å². The average Bonchev–Trinajstić information content (AvgIpc) is 3.04. The zero-order valence-corrected chi connectivity index (χ0v) is 17.1. The minimum Gasteiger partial charge on any atom is -0.507 e. The maximum Gasteiger partial charge on any atom is 0.355 e. The van der Waals surface area contributed by atoms with Crippen molar-refractivity contribution in [3.8, 4) is 5.75 Å². The molecule has 1 aliphatic heterocycles. The number of ether oxygens (including phenoxy) is 2. The van der Waals surface area contributed by atoms with Crippen LogP contribution in [-0.4, -0.2) is 42.8 Å². The Morgan fingerprint density at radius 3 is 2.09 bits per heavy atom. The molecule has 0 atom stereocenters. The first-order chi connectivity index (χ1) is 15.4. The van der Waals surface area contributed by atoms with Gasteiger partial charge in [0.25, 0.3) is 0 Å². The topological polar surface area (TPSA) is 110 Å². The first-order valence-electron chi connectivity index (χ1n) is 9.50. The molecule has 1 heterocycles. The molecule has 0 saturated heterocycles. The van der Waals surface area contributed by atoms with Crippen molar-refractivity contribution in [2.24, 2.45) is 0 Å². The molecule has 0 bridgehead atoms. The molecule has 0 saturated carbocycles. The van der Waals surface area contributed by atoms with Crippen molar-refractivity contribution in [2.75, 3.05) is 19.1 Å².